The normalized spacial score (nSPS) is 19.9. The lowest BCUT2D eigenvalue weighted by Crippen LogP contribution is -2.39. The molecule has 1 N–H and O–H groups in total. The van der Waals surface area contributed by atoms with Crippen LogP contribution in [0.5, 0.6) is 0 Å². The first-order chi connectivity index (χ1) is 8.66. The fraction of sp³-hybridized carbons (Fsp3) is 0.600. The van der Waals surface area contributed by atoms with E-state index in [-0.39, 0.29) is 0 Å². The fourth-order valence-electron chi connectivity index (χ4n) is 2.55. The molecule has 18 heavy (non-hydrogen) atoms. The minimum Gasteiger partial charge on any atom is -0.309 e. The van der Waals surface area contributed by atoms with Crippen LogP contribution in [-0.4, -0.2) is 30.6 Å². The standard InChI is InChI=1S/C15H23ClN2/c1-12(18-8-3-4-9-18)11-17-13(2)14-6-5-7-15(16)10-14/h5-7,10,12-13,17H,3-4,8-9,11H2,1-2H3. The average molecular weight is 267 g/mol. The summed E-state index contributed by atoms with van der Waals surface area (Å²) >= 11 is 6.02. The van der Waals surface area contributed by atoms with Gasteiger partial charge < -0.3 is 5.32 Å². The van der Waals surface area contributed by atoms with Crippen LogP contribution in [0.3, 0.4) is 0 Å². The van der Waals surface area contributed by atoms with E-state index in [9.17, 15) is 0 Å². The van der Waals surface area contributed by atoms with E-state index in [0.29, 0.717) is 12.1 Å². The van der Waals surface area contributed by atoms with Gasteiger partial charge in [-0.15, -0.1) is 0 Å². The van der Waals surface area contributed by atoms with Gasteiger partial charge in [0.2, 0.25) is 0 Å². The SMILES string of the molecule is CC(NCC(C)N1CCCC1)c1cccc(Cl)c1. The molecule has 1 aromatic rings. The lowest BCUT2D eigenvalue weighted by atomic mass is 10.1. The lowest BCUT2D eigenvalue weighted by molar-refractivity contribution is 0.247. The zero-order valence-corrected chi connectivity index (χ0v) is 12.1. The quantitative estimate of drug-likeness (QED) is 0.878. The number of hydrogen-bond acceptors (Lipinski definition) is 2. The maximum absolute atomic E-state index is 6.02. The molecule has 1 aliphatic heterocycles. The van der Waals surface area contributed by atoms with Gasteiger partial charge in [0, 0.05) is 23.7 Å². The molecule has 1 fully saturated rings. The van der Waals surface area contributed by atoms with E-state index in [4.69, 9.17) is 11.6 Å². The van der Waals surface area contributed by atoms with E-state index >= 15 is 0 Å². The van der Waals surface area contributed by atoms with Gasteiger partial charge in [0.05, 0.1) is 0 Å². The Hall–Kier alpha value is -0.570. The van der Waals surface area contributed by atoms with Crippen molar-refractivity contribution in [2.75, 3.05) is 19.6 Å². The molecule has 0 bridgehead atoms. The minimum absolute atomic E-state index is 0.355. The van der Waals surface area contributed by atoms with Gasteiger partial charge in [-0.05, 0) is 57.5 Å². The Balaban J connectivity index is 1.82. The van der Waals surface area contributed by atoms with Crippen LogP contribution in [0.4, 0.5) is 0 Å². The fourth-order valence-corrected chi connectivity index (χ4v) is 2.75. The number of likely N-dealkylation sites (tertiary alicyclic amines) is 1. The summed E-state index contributed by atoms with van der Waals surface area (Å²) in [6, 6.07) is 9.08. The Morgan fingerprint density at radius 2 is 2.00 bits per heavy atom. The number of hydrogen-bond donors (Lipinski definition) is 1. The van der Waals surface area contributed by atoms with E-state index in [0.717, 1.165) is 11.6 Å². The first-order valence-electron chi connectivity index (χ1n) is 6.89. The lowest BCUT2D eigenvalue weighted by Gasteiger charge is -2.26. The summed E-state index contributed by atoms with van der Waals surface area (Å²) in [7, 11) is 0. The van der Waals surface area contributed by atoms with Gasteiger partial charge in [-0.25, -0.2) is 0 Å². The molecule has 1 aliphatic rings. The zero-order chi connectivity index (χ0) is 13.0. The van der Waals surface area contributed by atoms with Crippen molar-refractivity contribution in [3.05, 3.63) is 34.9 Å². The number of nitrogens with one attached hydrogen (secondary N) is 1. The summed E-state index contributed by atoms with van der Waals surface area (Å²) in [6.07, 6.45) is 2.71. The highest BCUT2D eigenvalue weighted by molar-refractivity contribution is 6.30. The number of halogens is 1. The van der Waals surface area contributed by atoms with Gasteiger partial charge in [0.1, 0.15) is 0 Å². The molecular weight excluding hydrogens is 244 g/mol. The number of rotatable bonds is 5. The summed E-state index contributed by atoms with van der Waals surface area (Å²) in [5.41, 5.74) is 1.26. The monoisotopic (exact) mass is 266 g/mol. The van der Waals surface area contributed by atoms with Crippen LogP contribution >= 0.6 is 11.6 Å². The summed E-state index contributed by atoms with van der Waals surface area (Å²) in [6.45, 7) is 8.06. The predicted octanol–water partition coefficient (Wildman–Crippen LogP) is 3.47. The van der Waals surface area contributed by atoms with Gasteiger partial charge in [-0.2, -0.15) is 0 Å². The molecule has 0 radical (unpaired) electrons. The second-order valence-electron chi connectivity index (χ2n) is 5.28. The molecule has 0 aromatic heterocycles. The molecule has 2 nitrogen and oxygen atoms in total. The second kappa shape index (κ2) is 6.55. The van der Waals surface area contributed by atoms with E-state index in [1.54, 1.807) is 0 Å². The molecular formula is C15H23ClN2. The first-order valence-corrected chi connectivity index (χ1v) is 7.27. The summed E-state index contributed by atoms with van der Waals surface area (Å²) < 4.78 is 0. The Morgan fingerprint density at radius 3 is 2.67 bits per heavy atom. The Kier molecular flexibility index (Phi) is 5.04. The Bertz CT molecular complexity index is 375. The van der Waals surface area contributed by atoms with E-state index < -0.39 is 0 Å². The van der Waals surface area contributed by atoms with Crippen molar-refractivity contribution in [3.63, 3.8) is 0 Å². The molecule has 100 valence electrons. The Labute approximate surface area is 115 Å². The molecule has 2 atom stereocenters. The van der Waals surface area contributed by atoms with E-state index in [1.165, 1.54) is 31.5 Å². The van der Waals surface area contributed by atoms with Crippen molar-refractivity contribution in [1.29, 1.82) is 0 Å². The number of nitrogens with zero attached hydrogens (tertiary/aromatic N) is 1. The average Bonchev–Trinajstić information content (AvgIpc) is 2.89. The minimum atomic E-state index is 0.355. The molecule has 0 saturated carbocycles. The van der Waals surface area contributed by atoms with Crippen LogP contribution in [0.2, 0.25) is 5.02 Å². The molecule has 1 aromatic carbocycles. The first kappa shape index (κ1) is 13.9. The highest BCUT2D eigenvalue weighted by Crippen LogP contribution is 2.18. The topological polar surface area (TPSA) is 15.3 Å². The van der Waals surface area contributed by atoms with E-state index in [2.05, 4.69) is 30.1 Å². The molecule has 0 amide bonds. The maximum atomic E-state index is 6.02. The molecule has 1 saturated heterocycles. The third kappa shape index (κ3) is 3.71. The van der Waals surface area contributed by atoms with Crippen LogP contribution < -0.4 is 5.32 Å². The van der Waals surface area contributed by atoms with Crippen molar-refractivity contribution < 1.29 is 0 Å². The van der Waals surface area contributed by atoms with Crippen LogP contribution in [0.15, 0.2) is 24.3 Å². The smallest absolute Gasteiger partial charge is 0.0409 e. The van der Waals surface area contributed by atoms with Gasteiger partial charge in [-0.1, -0.05) is 23.7 Å². The Morgan fingerprint density at radius 1 is 1.28 bits per heavy atom. The maximum Gasteiger partial charge on any atom is 0.0409 e. The van der Waals surface area contributed by atoms with Crippen LogP contribution in [0.25, 0.3) is 0 Å². The van der Waals surface area contributed by atoms with Crippen molar-refractivity contribution in [2.45, 2.75) is 38.8 Å². The van der Waals surface area contributed by atoms with Crippen LogP contribution in [-0.2, 0) is 0 Å². The largest absolute Gasteiger partial charge is 0.309 e. The molecule has 0 aliphatic carbocycles. The summed E-state index contributed by atoms with van der Waals surface area (Å²) in [5.74, 6) is 0. The zero-order valence-electron chi connectivity index (χ0n) is 11.3. The summed E-state index contributed by atoms with van der Waals surface area (Å²) in [5, 5.41) is 4.42. The third-order valence-corrected chi connectivity index (χ3v) is 4.07. The van der Waals surface area contributed by atoms with Crippen molar-refractivity contribution in [3.8, 4) is 0 Å². The summed E-state index contributed by atoms with van der Waals surface area (Å²) in [4.78, 5) is 2.57. The highest BCUT2D eigenvalue weighted by atomic mass is 35.5. The molecule has 3 heteroatoms. The van der Waals surface area contributed by atoms with Gasteiger partial charge in [0.25, 0.3) is 0 Å². The molecule has 2 rings (SSSR count). The van der Waals surface area contributed by atoms with Crippen LogP contribution in [0, 0.1) is 0 Å². The third-order valence-electron chi connectivity index (χ3n) is 3.83. The van der Waals surface area contributed by atoms with Gasteiger partial charge >= 0.3 is 0 Å². The van der Waals surface area contributed by atoms with Crippen molar-refractivity contribution in [2.24, 2.45) is 0 Å². The second-order valence-corrected chi connectivity index (χ2v) is 5.71. The molecule has 2 unspecified atom stereocenters. The van der Waals surface area contributed by atoms with Crippen molar-refractivity contribution >= 4 is 11.6 Å². The van der Waals surface area contributed by atoms with Crippen LogP contribution in [0.1, 0.15) is 38.3 Å². The van der Waals surface area contributed by atoms with Gasteiger partial charge in [0.15, 0.2) is 0 Å². The molecule has 1 heterocycles. The predicted molar refractivity (Wildman–Crippen MR) is 78.1 cm³/mol. The highest BCUT2D eigenvalue weighted by Gasteiger charge is 2.18. The van der Waals surface area contributed by atoms with E-state index in [1.807, 2.05) is 18.2 Å². The van der Waals surface area contributed by atoms with Crippen molar-refractivity contribution in [1.82, 2.24) is 10.2 Å². The number of benzene rings is 1. The van der Waals surface area contributed by atoms with Gasteiger partial charge in [-0.3, -0.25) is 4.90 Å². The molecule has 0 spiro atoms.